The first-order valence-corrected chi connectivity index (χ1v) is 13.0. The number of amides is 1. The normalized spacial score (nSPS) is 13.6. The molecule has 1 fully saturated rings. The maximum absolute atomic E-state index is 13.8. The van der Waals surface area contributed by atoms with Crippen molar-refractivity contribution in [2.75, 3.05) is 18.6 Å². The minimum atomic E-state index is -0.565. The third-order valence-electron chi connectivity index (χ3n) is 7.07. The third kappa shape index (κ3) is 4.95. The van der Waals surface area contributed by atoms with Crippen LogP contribution < -0.4 is 10.7 Å². The Bertz CT molecular complexity index is 1580. The number of rotatable bonds is 9. The SMILES string of the molecule is C=Cc1ccc(N2CCC2=O)c(-n2c(-c3ccccc3)c(-c3ccccc3)oc2=O)c1C[C@@H](C)CC(=O)OC. The lowest BCUT2D eigenvalue weighted by Crippen LogP contribution is -2.44. The van der Waals surface area contributed by atoms with E-state index in [-0.39, 0.29) is 24.2 Å². The molecule has 1 saturated heterocycles. The van der Waals surface area contributed by atoms with E-state index in [1.807, 2.05) is 79.7 Å². The lowest BCUT2D eigenvalue weighted by atomic mass is 9.91. The van der Waals surface area contributed by atoms with Gasteiger partial charge in [-0.15, -0.1) is 0 Å². The molecule has 39 heavy (non-hydrogen) atoms. The highest BCUT2D eigenvalue weighted by atomic mass is 16.5. The maximum Gasteiger partial charge on any atom is 0.424 e. The molecule has 1 aliphatic rings. The predicted octanol–water partition coefficient (Wildman–Crippen LogP) is 5.89. The van der Waals surface area contributed by atoms with Crippen molar-refractivity contribution in [3.63, 3.8) is 0 Å². The number of β-lactam (4-membered cyclic amide) rings is 1. The van der Waals surface area contributed by atoms with Crippen LogP contribution in [0.1, 0.15) is 30.9 Å². The lowest BCUT2D eigenvalue weighted by molar-refractivity contribution is -0.141. The maximum atomic E-state index is 13.8. The van der Waals surface area contributed by atoms with Crippen LogP contribution in [-0.4, -0.2) is 30.1 Å². The Hall–Kier alpha value is -4.65. The smallest absolute Gasteiger partial charge is 0.424 e. The van der Waals surface area contributed by atoms with Gasteiger partial charge in [0, 0.05) is 30.5 Å². The number of benzene rings is 3. The van der Waals surface area contributed by atoms with Crippen molar-refractivity contribution in [1.29, 1.82) is 0 Å². The summed E-state index contributed by atoms with van der Waals surface area (Å²) in [7, 11) is 1.37. The molecule has 0 N–H and O–H groups in total. The molecule has 198 valence electrons. The zero-order chi connectivity index (χ0) is 27.5. The van der Waals surface area contributed by atoms with Crippen LogP contribution in [0.3, 0.4) is 0 Å². The van der Waals surface area contributed by atoms with Crippen LogP contribution in [0.4, 0.5) is 5.69 Å². The fourth-order valence-electron chi connectivity index (χ4n) is 5.09. The Morgan fingerprint density at radius 3 is 2.26 bits per heavy atom. The first kappa shape index (κ1) is 26.0. The summed E-state index contributed by atoms with van der Waals surface area (Å²) in [5.74, 6) is -0.559. The van der Waals surface area contributed by atoms with Crippen LogP contribution in [0.25, 0.3) is 34.3 Å². The van der Waals surface area contributed by atoms with Crippen LogP contribution in [0.15, 0.2) is 88.6 Å². The van der Waals surface area contributed by atoms with E-state index in [9.17, 15) is 14.4 Å². The Kier molecular flexibility index (Phi) is 7.32. The van der Waals surface area contributed by atoms with E-state index < -0.39 is 5.76 Å². The number of oxazole rings is 1. The van der Waals surface area contributed by atoms with E-state index in [2.05, 4.69) is 6.58 Å². The molecule has 4 aromatic rings. The molecule has 7 nitrogen and oxygen atoms in total. The number of anilines is 1. The third-order valence-corrected chi connectivity index (χ3v) is 7.07. The molecule has 1 aliphatic heterocycles. The van der Waals surface area contributed by atoms with Gasteiger partial charge in [-0.25, -0.2) is 9.36 Å². The second-order valence-electron chi connectivity index (χ2n) is 9.70. The minimum Gasteiger partial charge on any atom is -0.469 e. The number of methoxy groups -OCH3 is 1. The number of esters is 1. The molecule has 0 bridgehead atoms. The highest BCUT2D eigenvalue weighted by Crippen LogP contribution is 2.40. The minimum absolute atomic E-state index is 0.0164. The molecule has 5 rings (SSSR count). The van der Waals surface area contributed by atoms with Crippen LogP contribution in [-0.2, 0) is 20.7 Å². The number of carbonyl (C=O) groups excluding carboxylic acids is 2. The Morgan fingerprint density at radius 2 is 1.69 bits per heavy atom. The quantitative estimate of drug-likeness (QED) is 0.202. The summed E-state index contributed by atoms with van der Waals surface area (Å²) in [5, 5.41) is 0. The molecule has 2 heterocycles. The van der Waals surface area contributed by atoms with Gasteiger partial charge in [-0.05, 0) is 29.5 Å². The molecule has 0 radical (unpaired) electrons. The summed E-state index contributed by atoms with van der Waals surface area (Å²) in [5.41, 5.74) is 4.94. The summed E-state index contributed by atoms with van der Waals surface area (Å²) in [6.07, 6.45) is 2.84. The van der Waals surface area contributed by atoms with E-state index in [4.69, 9.17) is 9.15 Å². The van der Waals surface area contributed by atoms with Gasteiger partial charge in [-0.1, -0.05) is 86.3 Å². The van der Waals surface area contributed by atoms with Gasteiger partial charge < -0.3 is 14.1 Å². The largest absolute Gasteiger partial charge is 0.469 e. The fraction of sp³-hybridized carbons (Fsp3) is 0.219. The second-order valence-corrected chi connectivity index (χ2v) is 9.70. The van der Waals surface area contributed by atoms with Gasteiger partial charge in [0.25, 0.3) is 0 Å². The first-order chi connectivity index (χ1) is 18.9. The number of hydrogen-bond acceptors (Lipinski definition) is 5. The molecule has 3 aromatic carbocycles. The van der Waals surface area contributed by atoms with Gasteiger partial charge in [-0.2, -0.15) is 0 Å². The molecule has 0 unspecified atom stereocenters. The average Bonchev–Trinajstić information content (AvgIpc) is 3.29. The first-order valence-electron chi connectivity index (χ1n) is 13.0. The predicted molar refractivity (Wildman–Crippen MR) is 152 cm³/mol. The highest BCUT2D eigenvalue weighted by molar-refractivity contribution is 6.02. The molecule has 7 heteroatoms. The number of nitrogens with zero attached hydrogens (tertiary/aromatic N) is 2. The molecular formula is C32H30N2O5. The van der Waals surface area contributed by atoms with Crippen molar-refractivity contribution in [3.8, 4) is 28.3 Å². The highest BCUT2D eigenvalue weighted by Gasteiger charge is 2.33. The van der Waals surface area contributed by atoms with E-state index >= 15 is 0 Å². The van der Waals surface area contributed by atoms with Crippen molar-refractivity contribution in [1.82, 2.24) is 4.57 Å². The average molecular weight is 523 g/mol. The standard InChI is InChI=1S/C32H30N2O5/c1-4-22-15-16-26(33-18-17-27(33)35)30(25(22)19-21(2)20-28(36)38-3)34-29(23-11-7-5-8-12-23)31(39-32(34)37)24-13-9-6-10-14-24/h4-16,21H,1,17-20H2,2-3H3/t21-/m1/s1. The van der Waals surface area contributed by atoms with Crippen molar-refractivity contribution in [2.24, 2.45) is 5.92 Å². The molecule has 1 aromatic heterocycles. The van der Waals surface area contributed by atoms with Crippen molar-refractivity contribution in [3.05, 3.63) is 101 Å². The zero-order valence-electron chi connectivity index (χ0n) is 22.1. The zero-order valence-corrected chi connectivity index (χ0v) is 22.1. The van der Waals surface area contributed by atoms with Gasteiger partial charge >= 0.3 is 11.7 Å². The lowest BCUT2D eigenvalue weighted by Gasteiger charge is -2.34. The number of hydrogen-bond donors (Lipinski definition) is 0. The van der Waals surface area contributed by atoms with Gasteiger partial charge in [0.05, 0.1) is 18.5 Å². The van der Waals surface area contributed by atoms with Crippen LogP contribution in [0.2, 0.25) is 0 Å². The Labute approximate surface area is 227 Å². The molecular weight excluding hydrogens is 492 g/mol. The summed E-state index contributed by atoms with van der Waals surface area (Å²) < 4.78 is 12.4. The Morgan fingerprint density at radius 1 is 1.03 bits per heavy atom. The van der Waals surface area contributed by atoms with Gasteiger partial charge in [0.2, 0.25) is 5.91 Å². The van der Waals surface area contributed by atoms with E-state index in [0.29, 0.717) is 42.2 Å². The van der Waals surface area contributed by atoms with E-state index in [1.54, 1.807) is 15.5 Å². The summed E-state index contributed by atoms with van der Waals surface area (Å²) in [6, 6.07) is 22.8. The number of ether oxygens (including phenoxy) is 1. The van der Waals surface area contributed by atoms with E-state index in [0.717, 1.165) is 22.3 Å². The monoisotopic (exact) mass is 522 g/mol. The summed E-state index contributed by atoms with van der Waals surface area (Å²) in [4.78, 5) is 40.3. The Balaban J connectivity index is 1.83. The summed E-state index contributed by atoms with van der Waals surface area (Å²) >= 11 is 0. The van der Waals surface area contributed by atoms with Crippen molar-refractivity contribution in [2.45, 2.75) is 26.2 Å². The van der Waals surface area contributed by atoms with E-state index in [1.165, 1.54) is 7.11 Å². The van der Waals surface area contributed by atoms with Crippen LogP contribution in [0, 0.1) is 5.92 Å². The van der Waals surface area contributed by atoms with Gasteiger partial charge in [0.15, 0.2) is 5.76 Å². The molecule has 1 atom stereocenters. The number of aromatic nitrogens is 1. The molecule has 0 aliphatic carbocycles. The molecule has 0 spiro atoms. The second kappa shape index (κ2) is 11.0. The molecule has 0 saturated carbocycles. The van der Waals surface area contributed by atoms with Crippen molar-refractivity contribution < 1.29 is 18.7 Å². The number of carbonyl (C=O) groups is 2. The van der Waals surface area contributed by atoms with Crippen LogP contribution in [0.5, 0.6) is 0 Å². The topological polar surface area (TPSA) is 81.8 Å². The van der Waals surface area contributed by atoms with Crippen LogP contribution >= 0.6 is 0 Å². The van der Waals surface area contributed by atoms with Gasteiger partial charge in [-0.3, -0.25) is 9.59 Å². The summed E-state index contributed by atoms with van der Waals surface area (Å²) in [6.45, 7) is 6.52. The molecule has 1 amide bonds. The van der Waals surface area contributed by atoms with Crippen molar-refractivity contribution >= 4 is 23.6 Å². The fourth-order valence-corrected chi connectivity index (χ4v) is 5.09. The van der Waals surface area contributed by atoms with Gasteiger partial charge in [0.1, 0.15) is 5.69 Å².